The molecule has 0 bridgehead atoms. The summed E-state index contributed by atoms with van der Waals surface area (Å²) >= 11 is 0. The minimum absolute atomic E-state index is 0.598. The zero-order valence-corrected chi connectivity index (χ0v) is 16.9. The Morgan fingerprint density at radius 2 is 0.815 bits per heavy atom. The Kier molecular flexibility index (Phi) is 10.9. The summed E-state index contributed by atoms with van der Waals surface area (Å²) in [7, 11) is 5.01. The molecule has 0 spiro atoms. The first-order chi connectivity index (χ1) is 13.1. The SMILES string of the molecule is COc1ccc(C(C)C)cc1.COc1ccccc1.COc1ccccc1. The molecule has 0 aliphatic rings. The van der Waals surface area contributed by atoms with Crippen molar-refractivity contribution in [2.45, 2.75) is 19.8 Å². The first-order valence-corrected chi connectivity index (χ1v) is 8.92. The van der Waals surface area contributed by atoms with Crippen LogP contribution in [0.15, 0.2) is 84.9 Å². The molecule has 0 aliphatic carbocycles. The van der Waals surface area contributed by atoms with Gasteiger partial charge in [-0.25, -0.2) is 0 Å². The number of benzene rings is 3. The summed E-state index contributed by atoms with van der Waals surface area (Å²) in [6, 6.07) is 27.6. The quantitative estimate of drug-likeness (QED) is 0.549. The molecule has 3 rings (SSSR count). The van der Waals surface area contributed by atoms with Crippen molar-refractivity contribution in [2.75, 3.05) is 21.3 Å². The highest BCUT2D eigenvalue weighted by Gasteiger charge is 1.97. The number of hydrogen-bond acceptors (Lipinski definition) is 3. The van der Waals surface area contributed by atoms with Gasteiger partial charge in [-0.05, 0) is 47.9 Å². The Bertz CT molecular complexity index is 668. The number of rotatable bonds is 4. The third-order valence-electron chi connectivity index (χ3n) is 3.74. The van der Waals surface area contributed by atoms with Gasteiger partial charge < -0.3 is 14.2 Å². The van der Waals surface area contributed by atoms with Crippen molar-refractivity contribution in [1.82, 2.24) is 0 Å². The molecule has 0 saturated heterocycles. The van der Waals surface area contributed by atoms with Crippen LogP contribution in [0.1, 0.15) is 25.3 Å². The molecule has 144 valence electrons. The van der Waals surface area contributed by atoms with Crippen LogP contribution in [-0.2, 0) is 0 Å². The maximum atomic E-state index is 5.05. The lowest BCUT2D eigenvalue weighted by Gasteiger charge is -2.05. The fourth-order valence-corrected chi connectivity index (χ4v) is 2.10. The third kappa shape index (κ3) is 9.36. The fourth-order valence-electron chi connectivity index (χ4n) is 2.10. The van der Waals surface area contributed by atoms with E-state index in [9.17, 15) is 0 Å². The molecule has 0 heterocycles. The molecule has 0 amide bonds. The predicted molar refractivity (Wildman–Crippen MR) is 113 cm³/mol. The van der Waals surface area contributed by atoms with Crippen molar-refractivity contribution < 1.29 is 14.2 Å². The summed E-state index contributed by atoms with van der Waals surface area (Å²) in [5.74, 6) is 3.34. The molecule has 0 aliphatic heterocycles. The Morgan fingerprint density at radius 3 is 1.07 bits per heavy atom. The second-order valence-corrected chi connectivity index (χ2v) is 5.96. The van der Waals surface area contributed by atoms with Gasteiger partial charge in [0, 0.05) is 0 Å². The summed E-state index contributed by atoms with van der Waals surface area (Å²) in [6.07, 6.45) is 0. The van der Waals surface area contributed by atoms with Crippen LogP contribution in [0.2, 0.25) is 0 Å². The lowest BCUT2D eigenvalue weighted by atomic mass is 10.0. The normalized spacial score (nSPS) is 9.26. The van der Waals surface area contributed by atoms with Gasteiger partial charge in [-0.1, -0.05) is 62.4 Å². The molecule has 3 aromatic rings. The zero-order valence-electron chi connectivity index (χ0n) is 16.9. The smallest absolute Gasteiger partial charge is 0.118 e. The van der Waals surface area contributed by atoms with Gasteiger partial charge in [0.05, 0.1) is 21.3 Å². The van der Waals surface area contributed by atoms with Gasteiger partial charge in [0.25, 0.3) is 0 Å². The average Bonchev–Trinajstić information content (AvgIpc) is 2.75. The molecule has 0 saturated carbocycles. The van der Waals surface area contributed by atoms with E-state index in [1.807, 2.05) is 72.8 Å². The molecular formula is C24H30O3. The van der Waals surface area contributed by atoms with Crippen molar-refractivity contribution in [2.24, 2.45) is 0 Å². The van der Waals surface area contributed by atoms with Crippen molar-refractivity contribution in [1.29, 1.82) is 0 Å². The van der Waals surface area contributed by atoms with Crippen LogP contribution >= 0.6 is 0 Å². The molecule has 3 nitrogen and oxygen atoms in total. The molecular weight excluding hydrogens is 336 g/mol. The van der Waals surface area contributed by atoms with E-state index in [1.165, 1.54) is 5.56 Å². The first kappa shape index (κ1) is 22.1. The summed E-state index contributed by atoms with van der Waals surface area (Å²) in [5, 5.41) is 0. The summed E-state index contributed by atoms with van der Waals surface area (Å²) in [6.45, 7) is 4.36. The highest BCUT2D eigenvalue weighted by molar-refractivity contribution is 5.28. The van der Waals surface area contributed by atoms with E-state index in [4.69, 9.17) is 14.2 Å². The Balaban J connectivity index is 0.000000206. The van der Waals surface area contributed by atoms with Crippen molar-refractivity contribution >= 4 is 0 Å². The lowest BCUT2D eigenvalue weighted by Crippen LogP contribution is -1.87. The highest BCUT2D eigenvalue weighted by Crippen LogP contribution is 2.17. The molecule has 3 aromatic carbocycles. The van der Waals surface area contributed by atoms with Crippen molar-refractivity contribution in [3.05, 3.63) is 90.5 Å². The van der Waals surface area contributed by atoms with E-state index in [0.717, 1.165) is 17.2 Å². The van der Waals surface area contributed by atoms with Gasteiger partial charge >= 0.3 is 0 Å². The molecule has 27 heavy (non-hydrogen) atoms. The van der Waals surface area contributed by atoms with E-state index in [1.54, 1.807) is 21.3 Å². The average molecular weight is 367 g/mol. The van der Waals surface area contributed by atoms with E-state index in [2.05, 4.69) is 26.0 Å². The van der Waals surface area contributed by atoms with Crippen LogP contribution in [-0.4, -0.2) is 21.3 Å². The first-order valence-electron chi connectivity index (χ1n) is 8.92. The molecule has 0 atom stereocenters. The van der Waals surface area contributed by atoms with Crippen LogP contribution < -0.4 is 14.2 Å². The standard InChI is InChI=1S/C10H14O.2C7H8O/c1-8(2)9-4-6-10(11-3)7-5-9;2*1-8-7-5-3-2-4-6-7/h4-8H,1-3H3;2*2-6H,1H3. The van der Waals surface area contributed by atoms with Crippen LogP contribution in [0.3, 0.4) is 0 Å². The largest absolute Gasteiger partial charge is 0.497 e. The maximum Gasteiger partial charge on any atom is 0.118 e. The summed E-state index contributed by atoms with van der Waals surface area (Å²) in [5.41, 5.74) is 1.35. The van der Waals surface area contributed by atoms with Crippen molar-refractivity contribution in [3.8, 4) is 17.2 Å². The number of methoxy groups -OCH3 is 3. The zero-order chi connectivity index (χ0) is 19.9. The summed E-state index contributed by atoms with van der Waals surface area (Å²) < 4.78 is 14.9. The van der Waals surface area contributed by atoms with Crippen LogP contribution in [0, 0.1) is 0 Å². The minimum Gasteiger partial charge on any atom is -0.497 e. The van der Waals surface area contributed by atoms with Crippen LogP contribution in [0.5, 0.6) is 17.2 Å². The van der Waals surface area contributed by atoms with Crippen molar-refractivity contribution in [3.63, 3.8) is 0 Å². The Hall–Kier alpha value is -2.94. The molecule has 0 radical (unpaired) electrons. The van der Waals surface area contributed by atoms with Gasteiger partial charge in [-0.15, -0.1) is 0 Å². The van der Waals surface area contributed by atoms with Crippen LogP contribution in [0.4, 0.5) is 0 Å². The van der Waals surface area contributed by atoms with Gasteiger partial charge in [-0.3, -0.25) is 0 Å². The van der Waals surface area contributed by atoms with E-state index in [-0.39, 0.29) is 0 Å². The number of ether oxygens (including phenoxy) is 3. The second kappa shape index (κ2) is 13.3. The molecule has 0 unspecified atom stereocenters. The van der Waals surface area contributed by atoms with Gasteiger partial charge in [0.1, 0.15) is 17.2 Å². The van der Waals surface area contributed by atoms with Gasteiger partial charge in [0.15, 0.2) is 0 Å². The summed E-state index contributed by atoms with van der Waals surface area (Å²) in [4.78, 5) is 0. The van der Waals surface area contributed by atoms with Crippen LogP contribution in [0.25, 0.3) is 0 Å². The number of para-hydroxylation sites is 2. The van der Waals surface area contributed by atoms with Gasteiger partial charge in [-0.2, -0.15) is 0 Å². The highest BCUT2D eigenvalue weighted by atomic mass is 16.5. The van der Waals surface area contributed by atoms with E-state index < -0.39 is 0 Å². The molecule has 0 aromatic heterocycles. The Morgan fingerprint density at radius 1 is 0.481 bits per heavy atom. The molecule has 0 N–H and O–H groups in total. The Labute approximate surface area is 163 Å². The lowest BCUT2D eigenvalue weighted by molar-refractivity contribution is 0.414. The topological polar surface area (TPSA) is 27.7 Å². The fraction of sp³-hybridized carbons (Fsp3) is 0.250. The number of hydrogen-bond donors (Lipinski definition) is 0. The van der Waals surface area contributed by atoms with Gasteiger partial charge in [0.2, 0.25) is 0 Å². The maximum absolute atomic E-state index is 5.05. The third-order valence-corrected chi connectivity index (χ3v) is 3.74. The minimum atomic E-state index is 0.598. The van der Waals surface area contributed by atoms with E-state index in [0.29, 0.717) is 5.92 Å². The second-order valence-electron chi connectivity index (χ2n) is 5.96. The molecule has 3 heteroatoms. The van der Waals surface area contributed by atoms with E-state index >= 15 is 0 Å². The monoisotopic (exact) mass is 366 g/mol. The molecule has 0 fully saturated rings. The predicted octanol–water partition coefficient (Wildman–Crippen LogP) is 6.21.